The molecule has 1 aliphatic carbocycles. The molecule has 24 heavy (non-hydrogen) atoms. The van der Waals surface area contributed by atoms with E-state index in [0.29, 0.717) is 18.8 Å². The summed E-state index contributed by atoms with van der Waals surface area (Å²) in [5, 5.41) is 7.58. The average Bonchev–Trinajstić information content (AvgIpc) is 3.03. The number of rotatable bonds is 7. The van der Waals surface area contributed by atoms with E-state index in [9.17, 15) is 9.59 Å². The van der Waals surface area contributed by atoms with Crippen LogP contribution in [-0.4, -0.2) is 27.6 Å². The summed E-state index contributed by atoms with van der Waals surface area (Å²) in [5.41, 5.74) is 8.71. The van der Waals surface area contributed by atoms with Gasteiger partial charge in [0.15, 0.2) is 0 Å². The number of nitrogens with two attached hydrogens (primary N) is 1. The Balaban J connectivity index is 1.92. The second-order valence-corrected chi connectivity index (χ2v) is 7.34. The van der Waals surface area contributed by atoms with E-state index in [0.717, 1.165) is 42.8 Å². The van der Waals surface area contributed by atoms with Crippen LogP contribution in [0.5, 0.6) is 0 Å². The summed E-state index contributed by atoms with van der Waals surface area (Å²) in [6, 6.07) is -0.0964. The summed E-state index contributed by atoms with van der Waals surface area (Å²) in [4.78, 5) is 23.7. The Bertz CT molecular complexity index is 606. The molecule has 0 aliphatic heterocycles. The molecule has 6 heteroatoms. The number of nitrogens with zero attached hydrogens (tertiary/aromatic N) is 2. The van der Waals surface area contributed by atoms with Gasteiger partial charge in [0.2, 0.25) is 11.8 Å². The van der Waals surface area contributed by atoms with Gasteiger partial charge in [-0.05, 0) is 44.6 Å². The van der Waals surface area contributed by atoms with Gasteiger partial charge in [-0.15, -0.1) is 0 Å². The van der Waals surface area contributed by atoms with E-state index in [2.05, 4.69) is 31.2 Å². The van der Waals surface area contributed by atoms with Crippen molar-refractivity contribution in [3.05, 3.63) is 17.0 Å². The molecule has 2 amide bonds. The molecule has 1 aromatic rings. The third-order valence-electron chi connectivity index (χ3n) is 4.90. The van der Waals surface area contributed by atoms with Crippen LogP contribution in [0.4, 0.5) is 0 Å². The van der Waals surface area contributed by atoms with Gasteiger partial charge in [-0.2, -0.15) is 5.10 Å². The normalized spacial score (nSPS) is 20.5. The molecule has 3 N–H and O–H groups in total. The largest absolute Gasteiger partial charge is 0.369 e. The number of aromatic nitrogens is 2. The molecule has 0 saturated heterocycles. The first kappa shape index (κ1) is 18.5. The maximum atomic E-state index is 12.3. The molecule has 134 valence electrons. The first-order chi connectivity index (χ1) is 11.3. The molecule has 0 bridgehead atoms. The number of hydrogen-bond donors (Lipinski definition) is 2. The van der Waals surface area contributed by atoms with E-state index < -0.39 is 0 Å². The quantitative estimate of drug-likeness (QED) is 0.797. The molecule has 1 aromatic heterocycles. The molecule has 1 aliphatic rings. The fraction of sp³-hybridized carbons (Fsp3) is 0.722. The summed E-state index contributed by atoms with van der Waals surface area (Å²) >= 11 is 0. The second-order valence-electron chi connectivity index (χ2n) is 7.34. The average molecular weight is 334 g/mol. The predicted octanol–water partition coefficient (Wildman–Crippen LogP) is 1.86. The van der Waals surface area contributed by atoms with Gasteiger partial charge in [-0.1, -0.05) is 20.3 Å². The number of carbonyl (C=O) groups is 2. The molecule has 2 rings (SSSR count). The van der Waals surface area contributed by atoms with Gasteiger partial charge in [-0.25, -0.2) is 0 Å². The Labute approximate surface area is 144 Å². The molecule has 6 nitrogen and oxygen atoms in total. The van der Waals surface area contributed by atoms with Crippen molar-refractivity contribution in [1.29, 1.82) is 0 Å². The van der Waals surface area contributed by atoms with Crippen LogP contribution in [0, 0.1) is 25.7 Å². The molecule has 0 radical (unpaired) electrons. The summed E-state index contributed by atoms with van der Waals surface area (Å²) in [6.45, 7) is 9.29. The molecule has 1 saturated carbocycles. The zero-order chi connectivity index (χ0) is 17.9. The summed E-state index contributed by atoms with van der Waals surface area (Å²) in [7, 11) is 0. The number of aryl methyl sites for hydroxylation is 1. The first-order valence-electron chi connectivity index (χ1n) is 8.91. The van der Waals surface area contributed by atoms with Crippen molar-refractivity contribution in [2.75, 3.05) is 0 Å². The van der Waals surface area contributed by atoms with Crippen molar-refractivity contribution in [2.24, 2.45) is 17.6 Å². The highest BCUT2D eigenvalue weighted by Crippen LogP contribution is 2.25. The van der Waals surface area contributed by atoms with Gasteiger partial charge in [0.05, 0.1) is 11.6 Å². The number of primary amides is 1. The van der Waals surface area contributed by atoms with Crippen molar-refractivity contribution >= 4 is 11.8 Å². The van der Waals surface area contributed by atoms with E-state index in [4.69, 9.17) is 5.73 Å². The lowest BCUT2D eigenvalue weighted by Gasteiger charge is -2.18. The third-order valence-corrected chi connectivity index (χ3v) is 4.90. The maximum absolute atomic E-state index is 12.3. The van der Waals surface area contributed by atoms with Crippen LogP contribution in [0.3, 0.4) is 0 Å². The Morgan fingerprint density at radius 3 is 2.67 bits per heavy atom. The van der Waals surface area contributed by atoms with E-state index >= 15 is 0 Å². The van der Waals surface area contributed by atoms with Crippen LogP contribution in [0.1, 0.15) is 56.5 Å². The smallest absolute Gasteiger partial charge is 0.222 e. The van der Waals surface area contributed by atoms with Crippen LogP contribution < -0.4 is 11.1 Å². The van der Waals surface area contributed by atoms with Crippen LogP contribution in [0.2, 0.25) is 0 Å². The molecule has 1 heterocycles. The van der Waals surface area contributed by atoms with Crippen LogP contribution >= 0.6 is 0 Å². The Morgan fingerprint density at radius 2 is 2.04 bits per heavy atom. The molecule has 0 aromatic carbocycles. The minimum Gasteiger partial charge on any atom is -0.369 e. The predicted molar refractivity (Wildman–Crippen MR) is 93.3 cm³/mol. The highest BCUT2D eigenvalue weighted by molar-refractivity contribution is 5.81. The molecular formula is C18H30N4O2. The van der Waals surface area contributed by atoms with Gasteiger partial charge >= 0.3 is 0 Å². The van der Waals surface area contributed by atoms with Crippen molar-refractivity contribution in [2.45, 2.75) is 72.4 Å². The Kier molecular flexibility index (Phi) is 6.02. The highest BCUT2D eigenvalue weighted by atomic mass is 16.2. The Hall–Kier alpha value is -1.85. The second kappa shape index (κ2) is 7.81. The highest BCUT2D eigenvalue weighted by Gasteiger charge is 2.32. The summed E-state index contributed by atoms with van der Waals surface area (Å²) in [5.74, 6) is 0.00136. The number of nitrogens with one attached hydrogen (secondary N) is 1. The molecule has 2 unspecified atom stereocenters. The van der Waals surface area contributed by atoms with Crippen LogP contribution in [0.25, 0.3) is 0 Å². The zero-order valence-electron chi connectivity index (χ0n) is 15.3. The fourth-order valence-corrected chi connectivity index (χ4v) is 3.61. The molecule has 2 atom stereocenters. The standard InChI is InChI=1S/C18H30N4O2/c1-11(2)10-22-13(4)14(12(3)21-22)8-9-17(23)20-16-7-5-6-15(16)18(19)24/h11,15-16H,5-10H2,1-4H3,(H2,19,24)(H,20,23). The minimum absolute atomic E-state index is 0.0106. The number of hydrogen-bond acceptors (Lipinski definition) is 3. The van der Waals surface area contributed by atoms with E-state index in [-0.39, 0.29) is 23.8 Å². The van der Waals surface area contributed by atoms with Crippen molar-refractivity contribution in [3.8, 4) is 0 Å². The van der Waals surface area contributed by atoms with Gasteiger partial charge in [-0.3, -0.25) is 14.3 Å². The van der Waals surface area contributed by atoms with Gasteiger partial charge < -0.3 is 11.1 Å². The van der Waals surface area contributed by atoms with Gasteiger partial charge in [0.25, 0.3) is 0 Å². The van der Waals surface area contributed by atoms with Crippen molar-refractivity contribution in [3.63, 3.8) is 0 Å². The van der Waals surface area contributed by atoms with Crippen LogP contribution in [-0.2, 0) is 22.6 Å². The third kappa shape index (κ3) is 4.36. The maximum Gasteiger partial charge on any atom is 0.222 e. The molecular weight excluding hydrogens is 304 g/mol. The lowest BCUT2D eigenvalue weighted by Crippen LogP contribution is -2.42. The topological polar surface area (TPSA) is 90.0 Å². The fourth-order valence-electron chi connectivity index (χ4n) is 3.61. The van der Waals surface area contributed by atoms with Crippen molar-refractivity contribution < 1.29 is 9.59 Å². The molecule has 1 fully saturated rings. The summed E-state index contributed by atoms with van der Waals surface area (Å²) in [6.07, 6.45) is 3.65. The molecule has 0 spiro atoms. The zero-order valence-corrected chi connectivity index (χ0v) is 15.3. The van der Waals surface area contributed by atoms with E-state index in [1.54, 1.807) is 0 Å². The lowest BCUT2D eigenvalue weighted by molar-refractivity contribution is -0.124. The minimum atomic E-state index is -0.306. The first-order valence-corrected chi connectivity index (χ1v) is 8.91. The van der Waals surface area contributed by atoms with E-state index in [1.807, 2.05) is 11.6 Å². The number of carbonyl (C=O) groups excluding carboxylic acids is 2. The van der Waals surface area contributed by atoms with Gasteiger partial charge in [0, 0.05) is 24.7 Å². The van der Waals surface area contributed by atoms with Crippen molar-refractivity contribution in [1.82, 2.24) is 15.1 Å². The van der Waals surface area contributed by atoms with Crippen LogP contribution in [0.15, 0.2) is 0 Å². The SMILES string of the molecule is Cc1nn(CC(C)C)c(C)c1CCC(=O)NC1CCCC1C(N)=O. The van der Waals surface area contributed by atoms with Gasteiger partial charge in [0.1, 0.15) is 0 Å². The summed E-state index contributed by atoms with van der Waals surface area (Å²) < 4.78 is 2.04. The van der Waals surface area contributed by atoms with E-state index in [1.165, 1.54) is 0 Å². The number of amides is 2. The Morgan fingerprint density at radius 1 is 1.33 bits per heavy atom. The monoisotopic (exact) mass is 334 g/mol. The lowest BCUT2D eigenvalue weighted by atomic mass is 10.0.